The van der Waals surface area contributed by atoms with Gasteiger partial charge in [0.25, 0.3) is 0 Å². The Labute approximate surface area is 115 Å². The molecule has 1 N–H and O–H groups in total. The van der Waals surface area contributed by atoms with Gasteiger partial charge < -0.3 is 9.84 Å². The number of aromatic nitrogens is 2. The van der Waals surface area contributed by atoms with Crippen LogP contribution in [-0.4, -0.2) is 27.7 Å². The molecular formula is C15H12N2O3. The molecule has 20 heavy (non-hydrogen) atoms. The molecule has 3 aromatic rings. The van der Waals surface area contributed by atoms with Crippen molar-refractivity contribution in [3.63, 3.8) is 0 Å². The molecule has 0 radical (unpaired) electrons. The summed E-state index contributed by atoms with van der Waals surface area (Å²) in [5.41, 5.74) is 2.94. The van der Waals surface area contributed by atoms with Crippen molar-refractivity contribution < 1.29 is 14.6 Å². The Balaban J connectivity index is 2.10. The second kappa shape index (κ2) is 4.70. The van der Waals surface area contributed by atoms with Crippen molar-refractivity contribution in [3.8, 4) is 11.4 Å². The summed E-state index contributed by atoms with van der Waals surface area (Å²) in [6, 6.07) is 12.0. The van der Waals surface area contributed by atoms with Crippen molar-refractivity contribution in [2.24, 2.45) is 0 Å². The van der Waals surface area contributed by atoms with Crippen LogP contribution in [0.5, 0.6) is 5.75 Å². The van der Waals surface area contributed by atoms with Gasteiger partial charge >= 0.3 is 5.97 Å². The highest BCUT2D eigenvalue weighted by Gasteiger charge is 2.10. The first-order chi connectivity index (χ1) is 9.69. The Kier molecular flexibility index (Phi) is 2.87. The zero-order valence-electron chi connectivity index (χ0n) is 10.8. The average Bonchev–Trinajstić information content (AvgIpc) is 2.90. The number of hydrogen-bond donors (Lipinski definition) is 1. The number of nitrogens with zero attached hydrogens (tertiary/aromatic N) is 2. The number of phenols is 1. The van der Waals surface area contributed by atoms with Crippen molar-refractivity contribution in [1.82, 2.24) is 9.55 Å². The number of benzene rings is 2. The van der Waals surface area contributed by atoms with Gasteiger partial charge in [0.05, 0.1) is 23.7 Å². The van der Waals surface area contributed by atoms with E-state index in [-0.39, 0.29) is 11.7 Å². The van der Waals surface area contributed by atoms with Crippen LogP contribution < -0.4 is 0 Å². The molecule has 0 aliphatic heterocycles. The molecular weight excluding hydrogens is 256 g/mol. The van der Waals surface area contributed by atoms with Crippen LogP contribution in [0.15, 0.2) is 48.8 Å². The van der Waals surface area contributed by atoms with Crippen LogP contribution in [0.2, 0.25) is 0 Å². The highest BCUT2D eigenvalue weighted by atomic mass is 16.5. The van der Waals surface area contributed by atoms with E-state index in [2.05, 4.69) is 9.72 Å². The Morgan fingerprint density at radius 1 is 1.20 bits per heavy atom. The number of methoxy groups -OCH3 is 1. The highest BCUT2D eigenvalue weighted by Crippen LogP contribution is 2.21. The maximum atomic E-state index is 11.5. The Bertz CT molecular complexity index is 775. The molecule has 0 aliphatic rings. The van der Waals surface area contributed by atoms with Crippen LogP contribution in [0.4, 0.5) is 0 Å². The van der Waals surface area contributed by atoms with Gasteiger partial charge in [0.2, 0.25) is 0 Å². The molecule has 1 aromatic heterocycles. The lowest BCUT2D eigenvalue weighted by atomic mass is 10.2. The Hall–Kier alpha value is -2.82. The van der Waals surface area contributed by atoms with E-state index in [4.69, 9.17) is 0 Å². The second-order valence-electron chi connectivity index (χ2n) is 4.33. The third kappa shape index (κ3) is 1.99. The highest BCUT2D eigenvalue weighted by molar-refractivity contribution is 5.93. The number of hydrogen-bond acceptors (Lipinski definition) is 4. The predicted molar refractivity (Wildman–Crippen MR) is 74.1 cm³/mol. The molecule has 0 spiro atoms. The van der Waals surface area contributed by atoms with Gasteiger partial charge in [-0.2, -0.15) is 0 Å². The monoisotopic (exact) mass is 268 g/mol. The molecule has 100 valence electrons. The van der Waals surface area contributed by atoms with Crippen molar-refractivity contribution in [3.05, 3.63) is 54.4 Å². The molecule has 0 atom stereocenters. The van der Waals surface area contributed by atoms with E-state index < -0.39 is 0 Å². The molecule has 0 saturated carbocycles. The lowest BCUT2D eigenvalue weighted by Gasteiger charge is -2.05. The Morgan fingerprint density at radius 2 is 1.95 bits per heavy atom. The van der Waals surface area contributed by atoms with Gasteiger partial charge in [0.15, 0.2) is 0 Å². The van der Waals surface area contributed by atoms with E-state index in [0.717, 1.165) is 11.2 Å². The molecule has 0 saturated heterocycles. The zero-order valence-corrected chi connectivity index (χ0v) is 10.8. The number of esters is 1. The predicted octanol–water partition coefficient (Wildman–Crippen LogP) is 2.52. The number of fused-ring (bicyclic) bond motifs is 1. The van der Waals surface area contributed by atoms with Crippen LogP contribution in [0.1, 0.15) is 10.4 Å². The normalized spacial score (nSPS) is 10.7. The maximum absolute atomic E-state index is 11.5. The van der Waals surface area contributed by atoms with Gasteiger partial charge in [0.1, 0.15) is 12.1 Å². The summed E-state index contributed by atoms with van der Waals surface area (Å²) < 4.78 is 6.57. The first-order valence-corrected chi connectivity index (χ1v) is 6.04. The quantitative estimate of drug-likeness (QED) is 0.725. The third-order valence-electron chi connectivity index (χ3n) is 3.10. The summed E-state index contributed by atoms with van der Waals surface area (Å²) >= 11 is 0. The smallest absolute Gasteiger partial charge is 0.337 e. The van der Waals surface area contributed by atoms with Gasteiger partial charge in [-0.25, -0.2) is 9.78 Å². The van der Waals surface area contributed by atoms with Crippen molar-refractivity contribution >= 4 is 17.0 Å². The topological polar surface area (TPSA) is 64.3 Å². The fourth-order valence-electron chi connectivity index (χ4n) is 2.08. The average molecular weight is 268 g/mol. The van der Waals surface area contributed by atoms with Crippen molar-refractivity contribution in [1.29, 1.82) is 0 Å². The molecule has 0 fully saturated rings. The van der Waals surface area contributed by atoms with Crippen molar-refractivity contribution in [2.75, 3.05) is 7.11 Å². The third-order valence-corrected chi connectivity index (χ3v) is 3.10. The van der Waals surface area contributed by atoms with Crippen molar-refractivity contribution in [2.45, 2.75) is 0 Å². The standard InChI is InChI=1S/C15H12N2O3/c1-20-15(19)10-2-7-14-13(8-10)16-9-17(14)11-3-5-12(18)6-4-11/h2-9,18H,1H3. The lowest BCUT2D eigenvalue weighted by Crippen LogP contribution is -2.00. The van der Waals surface area contributed by atoms with Gasteiger partial charge in [-0.3, -0.25) is 4.57 Å². The molecule has 5 nitrogen and oxygen atoms in total. The van der Waals surface area contributed by atoms with Crippen LogP contribution in [0.25, 0.3) is 16.7 Å². The number of carbonyl (C=O) groups is 1. The van der Waals surface area contributed by atoms with E-state index in [1.165, 1.54) is 7.11 Å². The van der Waals surface area contributed by atoms with Gasteiger partial charge in [0, 0.05) is 5.69 Å². The Morgan fingerprint density at radius 3 is 2.65 bits per heavy atom. The first kappa shape index (κ1) is 12.2. The SMILES string of the molecule is COC(=O)c1ccc2c(c1)ncn2-c1ccc(O)cc1. The molecule has 0 bridgehead atoms. The van der Waals surface area contributed by atoms with E-state index >= 15 is 0 Å². The summed E-state index contributed by atoms with van der Waals surface area (Å²) in [5.74, 6) is -0.169. The van der Waals surface area contributed by atoms with Crippen LogP contribution >= 0.6 is 0 Å². The van der Waals surface area contributed by atoms with E-state index in [0.29, 0.717) is 11.1 Å². The number of carbonyl (C=O) groups excluding carboxylic acids is 1. The summed E-state index contributed by atoms with van der Waals surface area (Å²) in [6.45, 7) is 0. The summed E-state index contributed by atoms with van der Waals surface area (Å²) in [4.78, 5) is 15.8. The van der Waals surface area contributed by atoms with Gasteiger partial charge in [-0.05, 0) is 42.5 Å². The maximum Gasteiger partial charge on any atom is 0.337 e. The summed E-state index contributed by atoms with van der Waals surface area (Å²) in [6.07, 6.45) is 1.68. The number of ether oxygens (including phenoxy) is 1. The van der Waals surface area contributed by atoms with Crippen LogP contribution in [-0.2, 0) is 4.74 Å². The van der Waals surface area contributed by atoms with E-state index in [9.17, 15) is 9.90 Å². The summed E-state index contributed by atoms with van der Waals surface area (Å²) in [5, 5.41) is 9.32. The van der Waals surface area contributed by atoms with Gasteiger partial charge in [-0.1, -0.05) is 0 Å². The number of imidazole rings is 1. The zero-order chi connectivity index (χ0) is 14.1. The molecule has 3 rings (SSSR count). The number of aromatic hydroxyl groups is 1. The fraction of sp³-hybridized carbons (Fsp3) is 0.0667. The molecule has 0 aliphatic carbocycles. The van der Waals surface area contributed by atoms with Crippen LogP contribution in [0.3, 0.4) is 0 Å². The number of rotatable bonds is 2. The minimum atomic E-state index is -0.383. The molecule has 0 unspecified atom stereocenters. The fourth-order valence-corrected chi connectivity index (χ4v) is 2.08. The molecule has 0 amide bonds. The van der Waals surface area contributed by atoms with Gasteiger partial charge in [-0.15, -0.1) is 0 Å². The molecule has 2 aromatic carbocycles. The minimum Gasteiger partial charge on any atom is -0.508 e. The lowest BCUT2D eigenvalue weighted by molar-refractivity contribution is 0.0601. The molecule has 1 heterocycles. The number of phenolic OH excluding ortho intramolecular Hbond substituents is 1. The minimum absolute atomic E-state index is 0.214. The first-order valence-electron chi connectivity index (χ1n) is 6.04. The largest absolute Gasteiger partial charge is 0.508 e. The second-order valence-corrected chi connectivity index (χ2v) is 4.33. The van der Waals surface area contributed by atoms with Crippen LogP contribution in [0, 0.1) is 0 Å². The molecule has 5 heteroatoms. The van der Waals surface area contributed by atoms with E-state index in [1.54, 1.807) is 42.7 Å². The summed E-state index contributed by atoms with van der Waals surface area (Å²) in [7, 11) is 1.35. The van der Waals surface area contributed by atoms with E-state index in [1.807, 2.05) is 10.6 Å².